The van der Waals surface area contributed by atoms with E-state index in [9.17, 15) is 9.90 Å². The number of aromatic nitrogens is 3. The molecule has 1 N–H and O–H groups in total. The highest BCUT2D eigenvalue weighted by Gasteiger charge is 2.30. The molecule has 0 amide bonds. The van der Waals surface area contributed by atoms with Crippen LogP contribution in [-0.2, 0) is 0 Å². The summed E-state index contributed by atoms with van der Waals surface area (Å²) in [5.74, 6) is 0.342. The van der Waals surface area contributed by atoms with E-state index in [0.717, 1.165) is 19.5 Å². The van der Waals surface area contributed by atoms with Gasteiger partial charge in [-0.2, -0.15) is 0 Å². The number of hydrogen-bond donors (Lipinski definition) is 1. The highest BCUT2D eigenvalue weighted by molar-refractivity contribution is 5.91. The minimum Gasteiger partial charge on any atom is -0.497 e. The van der Waals surface area contributed by atoms with Gasteiger partial charge in [-0.3, -0.25) is 0 Å². The lowest BCUT2D eigenvalue weighted by Gasteiger charge is -2.16. The number of nitrogens with zero attached hydrogens (tertiary/aromatic N) is 4. The molecule has 7 nitrogen and oxygen atoms in total. The molecule has 1 fully saturated rings. The highest BCUT2D eigenvalue weighted by Crippen LogP contribution is 2.31. The molecule has 0 unspecified atom stereocenters. The third-order valence-corrected chi connectivity index (χ3v) is 4.84. The third-order valence-electron chi connectivity index (χ3n) is 4.84. The Bertz CT molecular complexity index is 955. The maximum Gasteiger partial charge on any atom is 0.360 e. The summed E-state index contributed by atoms with van der Waals surface area (Å²) in [5.41, 5.74) is 1.88. The lowest BCUT2D eigenvalue weighted by Crippen LogP contribution is -2.22. The Morgan fingerprint density at radius 2 is 1.96 bits per heavy atom. The molecule has 3 aromatic rings. The fourth-order valence-corrected chi connectivity index (χ4v) is 3.45. The topological polar surface area (TPSA) is 80.5 Å². The average molecular weight is 364 g/mol. The van der Waals surface area contributed by atoms with Crippen molar-refractivity contribution in [2.45, 2.75) is 12.3 Å². The summed E-state index contributed by atoms with van der Waals surface area (Å²) in [6, 6.07) is 17.5. The summed E-state index contributed by atoms with van der Waals surface area (Å²) in [6.07, 6.45) is 0.953. The molecule has 1 aliphatic rings. The molecule has 2 aromatic carbocycles. The summed E-state index contributed by atoms with van der Waals surface area (Å²) >= 11 is 0. The number of carboxylic acid groups (broad SMARTS) is 1. The molecule has 1 saturated heterocycles. The number of carbonyl (C=O) groups is 1. The monoisotopic (exact) mass is 364 g/mol. The Morgan fingerprint density at radius 3 is 2.70 bits per heavy atom. The molecule has 1 atom stereocenters. The van der Waals surface area contributed by atoms with E-state index in [1.54, 1.807) is 13.2 Å². The van der Waals surface area contributed by atoms with Crippen molar-refractivity contribution in [3.8, 4) is 11.4 Å². The molecule has 138 valence electrons. The van der Waals surface area contributed by atoms with Gasteiger partial charge in [-0.25, -0.2) is 4.79 Å². The normalized spacial score (nSPS) is 16.5. The van der Waals surface area contributed by atoms with Gasteiger partial charge in [0.05, 0.1) is 12.8 Å². The number of aromatic carboxylic acids is 1. The molecule has 1 aromatic heterocycles. The first-order valence-electron chi connectivity index (χ1n) is 8.80. The minimum absolute atomic E-state index is 0.0356. The van der Waals surface area contributed by atoms with Crippen LogP contribution in [0.25, 0.3) is 5.69 Å². The minimum atomic E-state index is -1.08. The Kier molecular flexibility index (Phi) is 4.50. The lowest BCUT2D eigenvalue weighted by atomic mass is 9.99. The highest BCUT2D eigenvalue weighted by atomic mass is 16.5. The number of ether oxygens (including phenoxy) is 1. The fourth-order valence-electron chi connectivity index (χ4n) is 3.45. The number of hydrogen-bond acceptors (Lipinski definition) is 5. The molecule has 1 aliphatic heterocycles. The van der Waals surface area contributed by atoms with E-state index < -0.39 is 5.97 Å². The van der Waals surface area contributed by atoms with Crippen molar-refractivity contribution < 1.29 is 14.6 Å². The smallest absolute Gasteiger partial charge is 0.360 e. The first-order valence-corrected chi connectivity index (χ1v) is 8.80. The second-order valence-electron chi connectivity index (χ2n) is 6.51. The first-order chi connectivity index (χ1) is 13.2. The van der Waals surface area contributed by atoms with E-state index in [-0.39, 0.29) is 5.69 Å². The van der Waals surface area contributed by atoms with Gasteiger partial charge in [0.1, 0.15) is 5.75 Å². The summed E-state index contributed by atoms with van der Waals surface area (Å²) < 4.78 is 5.23. The largest absolute Gasteiger partial charge is 0.497 e. The van der Waals surface area contributed by atoms with Crippen LogP contribution in [-0.4, -0.2) is 46.3 Å². The van der Waals surface area contributed by atoms with Crippen molar-refractivity contribution in [1.82, 2.24) is 15.0 Å². The number of benzene rings is 2. The van der Waals surface area contributed by atoms with Crippen molar-refractivity contribution in [1.29, 1.82) is 0 Å². The zero-order chi connectivity index (χ0) is 18.8. The Balaban J connectivity index is 1.64. The van der Waals surface area contributed by atoms with Gasteiger partial charge in [0.2, 0.25) is 5.69 Å². The maximum atomic E-state index is 11.7. The Labute approximate surface area is 156 Å². The van der Waals surface area contributed by atoms with Gasteiger partial charge in [-0.15, -0.1) is 15.0 Å². The molecular formula is C20H20N4O3. The molecule has 2 heterocycles. The van der Waals surface area contributed by atoms with Gasteiger partial charge in [0, 0.05) is 25.1 Å². The fraction of sp³-hybridized carbons (Fsp3) is 0.250. The van der Waals surface area contributed by atoms with E-state index in [4.69, 9.17) is 4.74 Å². The second-order valence-corrected chi connectivity index (χ2v) is 6.51. The molecule has 0 saturated carbocycles. The van der Waals surface area contributed by atoms with Crippen LogP contribution in [0.2, 0.25) is 0 Å². The average Bonchev–Trinajstić information content (AvgIpc) is 3.36. The van der Waals surface area contributed by atoms with Crippen LogP contribution in [0.4, 0.5) is 5.82 Å². The van der Waals surface area contributed by atoms with Gasteiger partial charge in [-0.1, -0.05) is 36.4 Å². The number of carboxylic acids is 1. The molecule has 4 rings (SSSR count). The molecule has 0 spiro atoms. The zero-order valence-corrected chi connectivity index (χ0v) is 14.9. The van der Waals surface area contributed by atoms with Gasteiger partial charge in [0.15, 0.2) is 5.82 Å². The zero-order valence-electron chi connectivity index (χ0n) is 14.9. The Hall–Kier alpha value is -3.35. The van der Waals surface area contributed by atoms with E-state index in [0.29, 0.717) is 23.2 Å². The van der Waals surface area contributed by atoms with Crippen LogP contribution in [0, 0.1) is 0 Å². The summed E-state index contributed by atoms with van der Waals surface area (Å²) in [6.45, 7) is 1.47. The van der Waals surface area contributed by atoms with Crippen LogP contribution in [0.3, 0.4) is 0 Å². The third kappa shape index (κ3) is 3.36. The van der Waals surface area contributed by atoms with E-state index in [1.165, 1.54) is 10.4 Å². The predicted octanol–water partition coefficient (Wildman–Crippen LogP) is 2.97. The molecular weight excluding hydrogens is 344 g/mol. The number of anilines is 1. The van der Waals surface area contributed by atoms with Crippen molar-refractivity contribution in [2.24, 2.45) is 0 Å². The number of rotatable bonds is 5. The summed E-state index contributed by atoms with van der Waals surface area (Å²) in [4.78, 5) is 15.1. The molecule has 7 heteroatoms. The van der Waals surface area contributed by atoms with Crippen molar-refractivity contribution in [2.75, 3.05) is 25.1 Å². The molecule has 0 radical (unpaired) electrons. The van der Waals surface area contributed by atoms with Crippen LogP contribution >= 0.6 is 0 Å². The van der Waals surface area contributed by atoms with Gasteiger partial charge in [0.25, 0.3) is 0 Å². The molecule has 0 bridgehead atoms. The number of methoxy groups -OCH3 is 1. The van der Waals surface area contributed by atoms with Gasteiger partial charge >= 0.3 is 5.97 Å². The van der Waals surface area contributed by atoms with Crippen molar-refractivity contribution >= 4 is 11.8 Å². The van der Waals surface area contributed by atoms with Crippen molar-refractivity contribution in [3.05, 3.63) is 65.9 Å². The van der Waals surface area contributed by atoms with E-state index >= 15 is 0 Å². The Morgan fingerprint density at radius 1 is 1.15 bits per heavy atom. The predicted molar refractivity (Wildman–Crippen MR) is 101 cm³/mol. The SMILES string of the molecule is COc1cccc(-n2nc(C(=O)O)c(N3CC[C@H](c4ccccc4)C3)n2)c1. The van der Waals surface area contributed by atoms with E-state index in [1.807, 2.05) is 41.3 Å². The van der Waals surface area contributed by atoms with Crippen LogP contribution < -0.4 is 9.64 Å². The van der Waals surface area contributed by atoms with Gasteiger partial charge in [-0.05, 0) is 24.1 Å². The lowest BCUT2D eigenvalue weighted by molar-refractivity contribution is 0.0690. The van der Waals surface area contributed by atoms with Gasteiger partial charge < -0.3 is 14.7 Å². The standard InChI is InChI=1S/C20H20N4O3/c1-27-17-9-5-8-16(12-17)24-21-18(20(25)26)19(22-24)23-11-10-15(13-23)14-6-3-2-4-7-14/h2-9,12,15H,10-11,13H2,1H3,(H,25,26)/t15-/m0/s1. The maximum absolute atomic E-state index is 11.7. The molecule has 0 aliphatic carbocycles. The van der Waals surface area contributed by atoms with Crippen LogP contribution in [0.5, 0.6) is 5.75 Å². The first kappa shape index (κ1) is 17.1. The van der Waals surface area contributed by atoms with Crippen LogP contribution in [0.1, 0.15) is 28.4 Å². The molecule has 27 heavy (non-hydrogen) atoms. The summed E-state index contributed by atoms with van der Waals surface area (Å²) in [5, 5.41) is 18.3. The van der Waals surface area contributed by atoms with Crippen LogP contribution in [0.15, 0.2) is 54.6 Å². The van der Waals surface area contributed by atoms with E-state index in [2.05, 4.69) is 22.3 Å². The quantitative estimate of drug-likeness (QED) is 0.750. The van der Waals surface area contributed by atoms with Crippen molar-refractivity contribution in [3.63, 3.8) is 0 Å². The summed E-state index contributed by atoms with van der Waals surface area (Å²) in [7, 11) is 1.58. The second kappa shape index (κ2) is 7.11.